The van der Waals surface area contributed by atoms with Crippen LogP contribution in [0.4, 0.5) is 13.6 Å². The maximum Gasteiger partial charge on any atom is 0.510 e. The predicted octanol–water partition coefficient (Wildman–Crippen LogP) is 4.13. The molecule has 0 saturated carbocycles. The fourth-order valence-corrected chi connectivity index (χ4v) is 2.21. The summed E-state index contributed by atoms with van der Waals surface area (Å²) in [6.45, 7) is 0.0397. The van der Waals surface area contributed by atoms with Gasteiger partial charge in [-0.2, -0.15) is 8.78 Å². The van der Waals surface area contributed by atoms with Crippen molar-refractivity contribution < 1.29 is 37.3 Å². The first-order valence-electron chi connectivity index (χ1n) is 8.20. The molecule has 6 nitrogen and oxygen atoms in total. The molecule has 0 amide bonds. The maximum atomic E-state index is 12.0. The molecule has 1 unspecified atom stereocenters. The lowest BCUT2D eigenvalue weighted by Gasteiger charge is -2.12. The fraction of sp³-hybridized carbons (Fsp3) is 0.588. The Labute approximate surface area is 145 Å². The molecule has 0 aromatic heterocycles. The number of unbranched alkanes of at least 4 members (excludes halogenated alkanes) is 2. The van der Waals surface area contributed by atoms with Crippen LogP contribution in [0, 0.1) is 0 Å². The second-order valence-electron chi connectivity index (χ2n) is 5.49. The first kappa shape index (κ1) is 19.2. The Balaban J connectivity index is 1.55. The van der Waals surface area contributed by atoms with Crippen molar-refractivity contribution in [2.45, 2.75) is 45.0 Å². The van der Waals surface area contributed by atoms with E-state index in [0.717, 1.165) is 19.3 Å². The Morgan fingerprint density at radius 3 is 2.48 bits per heavy atom. The van der Waals surface area contributed by atoms with E-state index in [1.807, 2.05) is 0 Å². The quantitative estimate of drug-likeness (QED) is 0.336. The molecule has 1 aromatic rings. The molecule has 0 N–H and O–H groups in total. The highest BCUT2D eigenvalue weighted by atomic mass is 19.3. The molecule has 1 aliphatic heterocycles. The lowest BCUT2D eigenvalue weighted by atomic mass is 10.1. The van der Waals surface area contributed by atoms with Crippen LogP contribution in [-0.4, -0.2) is 38.4 Å². The third-order valence-corrected chi connectivity index (χ3v) is 3.52. The van der Waals surface area contributed by atoms with Crippen molar-refractivity contribution in [2.24, 2.45) is 0 Å². The maximum absolute atomic E-state index is 12.0. The smallest absolute Gasteiger partial charge is 0.494 e. The van der Waals surface area contributed by atoms with Gasteiger partial charge in [0, 0.05) is 6.42 Å². The standard InChI is InChI=1S/C17H22F2O6/c1-2-21-16(20)25-17(12-23-17)10-4-3-5-11-22-13-6-8-14(9-7-13)24-15(18)19/h6-9,15H,2-5,10-12H2,1H3. The molecule has 1 atom stereocenters. The van der Waals surface area contributed by atoms with Gasteiger partial charge in [-0.05, 0) is 50.5 Å². The number of benzene rings is 1. The summed E-state index contributed by atoms with van der Waals surface area (Å²) in [7, 11) is 0. The summed E-state index contributed by atoms with van der Waals surface area (Å²) in [6, 6.07) is 6.03. The van der Waals surface area contributed by atoms with Crippen molar-refractivity contribution in [3.05, 3.63) is 24.3 Å². The van der Waals surface area contributed by atoms with Crippen LogP contribution >= 0.6 is 0 Å². The zero-order chi connectivity index (χ0) is 18.1. The van der Waals surface area contributed by atoms with Crippen LogP contribution in [0.5, 0.6) is 11.5 Å². The number of hydrogen-bond acceptors (Lipinski definition) is 6. The lowest BCUT2D eigenvalue weighted by molar-refractivity contribution is -0.0499. The molecular formula is C17H22F2O6. The van der Waals surface area contributed by atoms with Gasteiger partial charge in [0.1, 0.15) is 18.1 Å². The molecule has 140 valence electrons. The van der Waals surface area contributed by atoms with E-state index in [2.05, 4.69) is 4.74 Å². The fourth-order valence-electron chi connectivity index (χ4n) is 2.21. The minimum absolute atomic E-state index is 0.0960. The van der Waals surface area contributed by atoms with E-state index >= 15 is 0 Å². The van der Waals surface area contributed by atoms with Gasteiger partial charge in [-0.25, -0.2) is 4.79 Å². The Morgan fingerprint density at radius 2 is 1.88 bits per heavy atom. The summed E-state index contributed by atoms with van der Waals surface area (Å²) in [5.74, 6) is -0.124. The van der Waals surface area contributed by atoms with Crippen molar-refractivity contribution in [1.82, 2.24) is 0 Å². The second kappa shape index (κ2) is 9.41. The molecule has 8 heteroatoms. The normalized spacial score (nSPS) is 18.7. The minimum atomic E-state index is -2.83. The van der Waals surface area contributed by atoms with Crippen molar-refractivity contribution >= 4 is 6.16 Å². The first-order chi connectivity index (χ1) is 12.0. The molecule has 25 heavy (non-hydrogen) atoms. The van der Waals surface area contributed by atoms with Crippen molar-refractivity contribution in [3.63, 3.8) is 0 Å². The van der Waals surface area contributed by atoms with E-state index in [4.69, 9.17) is 18.9 Å². The molecule has 1 heterocycles. The lowest BCUT2D eigenvalue weighted by Crippen LogP contribution is -2.22. The average molecular weight is 360 g/mol. The Bertz CT molecular complexity index is 530. The number of halogens is 2. The van der Waals surface area contributed by atoms with Crippen LogP contribution in [0.3, 0.4) is 0 Å². The predicted molar refractivity (Wildman–Crippen MR) is 83.8 cm³/mol. The van der Waals surface area contributed by atoms with Gasteiger partial charge in [-0.15, -0.1) is 0 Å². The Morgan fingerprint density at radius 1 is 1.20 bits per heavy atom. The minimum Gasteiger partial charge on any atom is -0.494 e. The van der Waals surface area contributed by atoms with Crippen LogP contribution in [0.25, 0.3) is 0 Å². The average Bonchev–Trinajstić information content (AvgIpc) is 3.31. The summed E-state index contributed by atoms with van der Waals surface area (Å²) in [6.07, 6.45) is 2.42. The summed E-state index contributed by atoms with van der Waals surface area (Å²) in [4.78, 5) is 11.3. The van der Waals surface area contributed by atoms with Crippen LogP contribution in [0.15, 0.2) is 24.3 Å². The summed E-state index contributed by atoms with van der Waals surface area (Å²) >= 11 is 0. The van der Waals surface area contributed by atoms with Gasteiger partial charge in [-0.3, -0.25) is 0 Å². The molecule has 0 aliphatic carbocycles. The highest BCUT2D eigenvalue weighted by molar-refractivity contribution is 5.60. The molecule has 1 aromatic carbocycles. The third kappa shape index (κ3) is 7.13. The first-order valence-corrected chi connectivity index (χ1v) is 8.20. The van der Waals surface area contributed by atoms with E-state index in [-0.39, 0.29) is 12.4 Å². The van der Waals surface area contributed by atoms with E-state index in [1.54, 1.807) is 19.1 Å². The number of carbonyl (C=O) groups excluding carboxylic acids is 1. The van der Waals surface area contributed by atoms with Gasteiger partial charge in [0.25, 0.3) is 0 Å². The number of alkyl halides is 2. The van der Waals surface area contributed by atoms with Crippen molar-refractivity contribution in [2.75, 3.05) is 19.8 Å². The number of ether oxygens (including phenoxy) is 5. The number of rotatable bonds is 11. The molecule has 1 aliphatic rings. The van der Waals surface area contributed by atoms with Gasteiger partial charge in [0.15, 0.2) is 0 Å². The number of hydrogen-bond donors (Lipinski definition) is 0. The highest BCUT2D eigenvalue weighted by Gasteiger charge is 2.49. The highest BCUT2D eigenvalue weighted by Crippen LogP contribution is 2.34. The zero-order valence-electron chi connectivity index (χ0n) is 14.0. The second-order valence-corrected chi connectivity index (χ2v) is 5.49. The number of epoxide rings is 1. The Hall–Kier alpha value is -2.09. The van der Waals surface area contributed by atoms with E-state index in [9.17, 15) is 13.6 Å². The molecule has 1 saturated heterocycles. The van der Waals surface area contributed by atoms with Crippen molar-refractivity contribution in [1.29, 1.82) is 0 Å². The van der Waals surface area contributed by atoms with Crippen molar-refractivity contribution in [3.8, 4) is 11.5 Å². The summed E-state index contributed by atoms with van der Waals surface area (Å²) in [5, 5.41) is 0. The Kier molecular flexibility index (Phi) is 7.24. The van der Waals surface area contributed by atoms with Crippen LogP contribution in [0.2, 0.25) is 0 Å². The van der Waals surface area contributed by atoms with Gasteiger partial charge in [0.05, 0.1) is 13.2 Å². The molecule has 1 fully saturated rings. The number of carbonyl (C=O) groups is 1. The summed E-state index contributed by atoms with van der Waals surface area (Å²) in [5.41, 5.74) is 0. The monoisotopic (exact) mass is 360 g/mol. The zero-order valence-corrected chi connectivity index (χ0v) is 14.0. The molecular weight excluding hydrogens is 338 g/mol. The largest absolute Gasteiger partial charge is 0.510 e. The molecule has 0 bridgehead atoms. The van der Waals surface area contributed by atoms with Crippen LogP contribution < -0.4 is 9.47 Å². The molecule has 2 rings (SSSR count). The van der Waals surface area contributed by atoms with Gasteiger partial charge < -0.3 is 23.7 Å². The topological polar surface area (TPSA) is 66.5 Å². The molecule has 0 spiro atoms. The van der Waals surface area contributed by atoms with Crippen LogP contribution in [-0.2, 0) is 14.2 Å². The van der Waals surface area contributed by atoms with E-state index in [0.29, 0.717) is 25.4 Å². The van der Waals surface area contributed by atoms with Gasteiger partial charge in [-0.1, -0.05) is 0 Å². The SMILES string of the molecule is CCOC(=O)OC1(CCCCCOc2ccc(OC(F)F)cc2)CO1. The van der Waals surface area contributed by atoms with Gasteiger partial charge in [0.2, 0.25) is 5.79 Å². The third-order valence-electron chi connectivity index (χ3n) is 3.52. The molecule has 0 radical (unpaired) electrons. The van der Waals surface area contributed by atoms with Gasteiger partial charge >= 0.3 is 12.8 Å². The summed E-state index contributed by atoms with van der Waals surface area (Å²) < 4.78 is 48.9. The van der Waals surface area contributed by atoms with Crippen LogP contribution in [0.1, 0.15) is 32.6 Å². The van der Waals surface area contributed by atoms with E-state index < -0.39 is 18.6 Å². The van der Waals surface area contributed by atoms with E-state index in [1.165, 1.54) is 12.1 Å².